The molecule has 9 heteroatoms. The molecule has 0 bridgehead atoms. The Hall–Kier alpha value is -5.41. The van der Waals surface area contributed by atoms with Crippen LogP contribution >= 0.6 is 0 Å². The van der Waals surface area contributed by atoms with Gasteiger partial charge in [-0.25, -0.2) is 0 Å². The fraction of sp³-hybridized carbons (Fsp3) is 0.256. The molecule has 2 aliphatic rings. The van der Waals surface area contributed by atoms with Crippen LogP contribution in [0, 0.1) is 0 Å². The lowest BCUT2D eigenvalue weighted by Crippen LogP contribution is -2.52. The molecule has 1 unspecified atom stereocenters. The zero-order chi connectivity index (χ0) is 33.5. The summed E-state index contributed by atoms with van der Waals surface area (Å²) in [6, 6.07) is 30.7. The van der Waals surface area contributed by atoms with Crippen molar-refractivity contribution in [3.05, 3.63) is 125 Å². The molecule has 246 valence electrons. The number of aromatic hydroxyl groups is 1. The van der Waals surface area contributed by atoms with Crippen LogP contribution in [-0.4, -0.2) is 60.1 Å². The fourth-order valence-electron chi connectivity index (χ4n) is 6.30. The first kappa shape index (κ1) is 32.5. The fourth-order valence-corrected chi connectivity index (χ4v) is 6.30. The minimum atomic E-state index is -0.624. The number of nitrogens with one attached hydrogen (secondary N) is 2. The van der Waals surface area contributed by atoms with Crippen LogP contribution in [-0.2, 0) is 20.9 Å². The maximum atomic E-state index is 12.9. The van der Waals surface area contributed by atoms with Gasteiger partial charge in [0.05, 0.1) is 13.2 Å². The second kappa shape index (κ2) is 15.0. The van der Waals surface area contributed by atoms with Crippen molar-refractivity contribution < 1.29 is 29.0 Å². The standard InChI is InChI=1S/C39H39N3O6/c1-2-33(26-6-4-3-5-7-26)37(27-8-13-31(43)14-9-27)28-10-15-32(16-11-28)48-23-22-47-21-20-40-30-12-17-34-29(24-30)25-42(39(34)46)35-18-19-36(44)41-38(35)45/h3-17,24,35,40,43H,2,18-23,25H2,1H3,(H,41,44,45)/b37-33-. The van der Waals surface area contributed by atoms with E-state index in [4.69, 9.17) is 9.47 Å². The molecule has 1 fully saturated rings. The summed E-state index contributed by atoms with van der Waals surface area (Å²) in [7, 11) is 0. The number of nitrogens with zero attached hydrogens (tertiary/aromatic N) is 1. The quantitative estimate of drug-likeness (QED) is 0.0924. The van der Waals surface area contributed by atoms with Crippen LogP contribution in [0.4, 0.5) is 5.69 Å². The van der Waals surface area contributed by atoms with E-state index in [-0.39, 0.29) is 24.0 Å². The van der Waals surface area contributed by atoms with Gasteiger partial charge in [0.2, 0.25) is 11.8 Å². The predicted molar refractivity (Wildman–Crippen MR) is 184 cm³/mol. The number of hydrogen-bond donors (Lipinski definition) is 3. The lowest BCUT2D eigenvalue weighted by atomic mass is 9.88. The van der Waals surface area contributed by atoms with E-state index in [2.05, 4.69) is 41.8 Å². The Morgan fingerprint density at radius 1 is 0.875 bits per heavy atom. The van der Waals surface area contributed by atoms with Crippen molar-refractivity contribution in [2.24, 2.45) is 0 Å². The highest BCUT2D eigenvalue weighted by atomic mass is 16.5. The summed E-state index contributed by atoms with van der Waals surface area (Å²) in [6.07, 6.45) is 1.42. The molecule has 0 aromatic heterocycles. The molecule has 0 saturated carbocycles. The number of phenolic OH excluding ortho intramolecular Hbond substituents is 1. The Bertz CT molecular complexity index is 1800. The highest BCUT2D eigenvalue weighted by Crippen LogP contribution is 2.35. The highest BCUT2D eigenvalue weighted by molar-refractivity contribution is 6.05. The van der Waals surface area contributed by atoms with Crippen LogP contribution in [0.3, 0.4) is 0 Å². The normalized spacial score (nSPS) is 16.3. The van der Waals surface area contributed by atoms with E-state index in [1.54, 1.807) is 23.1 Å². The molecule has 4 aromatic carbocycles. The summed E-state index contributed by atoms with van der Waals surface area (Å²) in [5, 5.41) is 15.5. The molecule has 0 spiro atoms. The number of imide groups is 1. The van der Waals surface area contributed by atoms with Crippen LogP contribution in [0.2, 0.25) is 0 Å². The van der Waals surface area contributed by atoms with Gasteiger partial charge >= 0.3 is 0 Å². The number of hydrogen-bond acceptors (Lipinski definition) is 7. The molecule has 0 aliphatic carbocycles. The average molecular weight is 646 g/mol. The number of benzene rings is 4. The van der Waals surface area contributed by atoms with Crippen molar-refractivity contribution in [3.63, 3.8) is 0 Å². The number of carbonyl (C=O) groups excluding carboxylic acids is 3. The van der Waals surface area contributed by atoms with Gasteiger partial charge in [-0.3, -0.25) is 19.7 Å². The van der Waals surface area contributed by atoms with Gasteiger partial charge < -0.3 is 24.8 Å². The summed E-state index contributed by atoms with van der Waals surface area (Å²) >= 11 is 0. The van der Waals surface area contributed by atoms with E-state index >= 15 is 0 Å². The molecule has 48 heavy (non-hydrogen) atoms. The van der Waals surface area contributed by atoms with Crippen molar-refractivity contribution in [2.45, 2.75) is 38.8 Å². The van der Waals surface area contributed by atoms with Crippen molar-refractivity contribution in [1.29, 1.82) is 0 Å². The van der Waals surface area contributed by atoms with Gasteiger partial charge in [0.15, 0.2) is 0 Å². The Kier molecular flexibility index (Phi) is 10.2. The third kappa shape index (κ3) is 7.42. The molecule has 4 aromatic rings. The first-order valence-electron chi connectivity index (χ1n) is 16.3. The number of fused-ring (bicyclic) bond motifs is 1. The molecule has 1 atom stereocenters. The first-order chi connectivity index (χ1) is 23.4. The van der Waals surface area contributed by atoms with Crippen molar-refractivity contribution in [1.82, 2.24) is 10.2 Å². The topological polar surface area (TPSA) is 117 Å². The SMILES string of the molecule is CC/C(=C(\c1ccc(O)cc1)c1ccc(OCCOCCNc2ccc3c(c2)CN(C2CCC(=O)NC2=O)C3=O)cc1)c1ccccc1. The summed E-state index contributed by atoms with van der Waals surface area (Å²) in [5.41, 5.74) is 7.91. The molecule has 0 radical (unpaired) electrons. The van der Waals surface area contributed by atoms with Crippen molar-refractivity contribution in [3.8, 4) is 11.5 Å². The lowest BCUT2D eigenvalue weighted by molar-refractivity contribution is -0.136. The minimum absolute atomic E-state index is 0.184. The Balaban J connectivity index is 0.981. The molecule has 6 rings (SSSR count). The predicted octanol–water partition coefficient (Wildman–Crippen LogP) is 6.03. The summed E-state index contributed by atoms with van der Waals surface area (Å²) in [5.74, 6) is 0.0937. The second-order valence-electron chi connectivity index (χ2n) is 11.8. The number of anilines is 1. The van der Waals surface area contributed by atoms with Gasteiger partial charge in [-0.15, -0.1) is 0 Å². The monoisotopic (exact) mass is 645 g/mol. The van der Waals surface area contributed by atoms with Crippen LogP contribution in [0.25, 0.3) is 11.1 Å². The molecule has 3 N–H and O–H groups in total. The van der Waals surface area contributed by atoms with Crippen LogP contribution in [0.15, 0.2) is 97.1 Å². The second-order valence-corrected chi connectivity index (χ2v) is 11.8. The maximum absolute atomic E-state index is 12.9. The molecule has 1 saturated heterocycles. The molecular weight excluding hydrogens is 606 g/mol. The van der Waals surface area contributed by atoms with Gasteiger partial charge in [-0.1, -0.05) is 61.5 Å². The first-order valence-corrected chi connectivity index (χ1v) is 16.3. The van der Waals surface area contributed by atoms with Crippen LogP contribution in [0.1, 0.15) is 58.8 Å². The number of carbonyl (C=O) groups is 3. The van der Waals surface area contributed by atoms with Crippen LogP contribution < -0.4 is 15.4 Å². The maximum Gasteiger partial charge on any atom is 0.255 e. The molecule has 2 heterocycles. The van der Waals surface area contributed by atoms with E-state index in [1.165, 1.54) is 5.57 Å². The lowest BCUT2D eigenvalue weighted by Gasteiger charge is -2.29. The van der Waals surface area contributed by atoms with E-state index in [9.17, 15) is 19.5 Å². The molecular formula is C39H39N3O6. The Morgan fingerprint density at radius 3 is 2.31 bits per heavy atom. The minimum Gasteiger partial charge on any atom is -0.508 e. The summed E-state index contributed by atoms with van der Waals surface area (Å²) in [4.78, 5) is 38.2. The van der Waals surface area contributed by atoms with Crippen molar-refractivity contribution in [2.75, 3.05) is 31.7 Å². The number of phenols is 1. The van der Waals surface area contributed by atoms with Gasteiger partial charge in [0.1, 0.15) is 24.1 Å². The smallest absolute Gasteiger partial charge is 0.255 e. The average Bonchev–Trinajstić information content (AvgIpc) is 3.43. The highest BCUT2D eigenvalue weighted by Gasteiger charge is 2.39. The number of rotatable bonds is 13. The van der Waals surface area contributed by atoms with Gasteiger partial charge in [-0.2, -0.15) is 0 Å². The zero-order valence-electron chi connectivity index (χ0n) is 26.9. The third-order valence-electron chi connectivity index (χ3n) is 8.67. The number of piperidine rings is 1. The van der Waals surface area contributed by atoms with E-state index in [1.807, 2.05) is 54.6 Å². The summed E-state index contributed by atoms with van der Waals surface area (Å²) < 4.78 is 11.7. The van der Waals surface area contributed by atoms with Crippen LogP contribution in [0.5, 0.6) is 11.5 Å². The number of allylic oxidation sites excluding steroid dienone is 1. The summed E-state index contributed by atoms with van der Waals surface area (Å²) in [6.45, 7) is 4.37. The van der Waals surface area contributed by atoms with Crippen molar-refractivity contribution >= 4 is 34.6 Å². The molecule has 9 nitrogen and oxygen atoms in total. The number of ether oxygens (including phenoxy) is 2. The van der Waals surface area contributed by atoms with Gasteiger partial charge in [0.25, 0.3) is 5.91 Å². The van der Waals surface area contributed by atoms with Gasteiger partial charge in [-0.05, 0) is 88.7 Å². The Morgan fingerprint density at radius 2 is 1.60 bits per heavy atom. The zero-order valence-corrected chi connectivity index (χ0v) is 26.9. The Labute approximate surface area is 280 Å². The third-order valence-corrected chi connectivity index (χ3v) is 8.67. The van der Waals surface area contributed by atoms with Gasteiger partial charge in [0, 0.05) is 30.8 Å². The largest absolute Gasteiger partial charge is 0.508 e. The van der Waals surface area contributed by atoms with E-state index in [0.717, 1.165) is 45.7 Å². The van der Waals surface area contributed by atoms with E-state index in [0.29, 0.717) is 44.9 Å². The van der Waals surface area contributed by atoms with E-state index < -0.39 is 11.9 Å². The molecule has 3 amide bonds. The molecule has 2 aliphatic heterocycles. The number of amides is 3.